The van der Waals surface area contributed by atoms with E-state index >= 15 is 0 Å². The highest BCUT2D eigenvalue weighted by Gasteiger charge is 2.41. The molecule has 2 aliphatic rings. The molecule has 7 nitrogen and oxygen atoms in total. The summed E-state index contributed by atoms with van der Waals surface area (Å²) in [6.07, 6.45) is 0.483. The molecule has 2 rings (SSSR count). The minimum Gasteiger partial charge on any atom is -0.481 e. The number of urea groups is 1. The topological polar surface area (TPSA) is 90.3 Å². The first-order valence-corrected chi connectivity index (χ1v) is 6.55. The van der Waals surface area contributed by atoms with Crippen LogP contribution < -0.4 is 0 Å². The van der Waals surface area contributed by atoms with E-state index in [4.69, 9.17) is 9.84 Å². The summed E-state index contributed by atoms with van der Waals surface area (Å²) in [4.78, 5) is 26.7. The summed E-state index contributed by atoms with van der Waals surface area (Å²) in [5.74, 6) is -1.36. The molecule has 2 amide bonds. The van der Waals surface area contributed by atoms with E-state index in [1.165, 1.54) is 0 Å². The fourth-order valence-corrected chi connectivity index (χ4v) is 2.76. The van der Waals surface area contributed by atoms with E-state index in [-0.39, 0.29) is 24.7 Å². The van der Waals surface area contributed by atoms with Crippen LogP contribution in [0.25, 0.3) is 0 Å². The van der Waals surface area contributed by atoms with Gasteiger partial charge < -0.3 is 24.7 Å². The number of ether oxygens (including phenoxy) is 1. The SMILES string of the molecule is CC1C(C(=O)O)CCN1C(=O)N1CCOCC1CO. The molecular formula is C12H20N2O5. The van der Waals surface area contributed by atoms with Crippen LogP contribution in [0.5, 0.6) is 0 Å². The Bertz CT molecular complexity index is 362. The largest absolute Gasteiger partial charge is 0.481 e. The second-order valence-electron chi connectivity index (χ2n) is 5.05. The predicted molar refractivity (Wildman–Crippen MR) is 65.7 cm³/mol. The zero-order valence-corrected chi connectivity index (χ0v) is 11.0. The smallest absolute Gasteiger partial charge is 0.320 e. The molecule has 108 valence electrons. The molecule has 2 heterocycles. The molecule has 2 saturated heterocycles. The van der Waals surface area contributed by atoms with Crippen LogP contribution in [0.1, 0.15) is 13.3 Å². The Morgan fingerprint density at radius 1 is 1.32 bits per heavy atom. The van der Waals surface area contributed by atoms with Gasteiger partial charge in [-0.2, -0.15) is 0 Å². The highest BCUT2D eigenvalue weighted by Crippen LogP contribution is 2.26. The van der Waals surface area contributed by atoms with Crippen LogP contribution in [0.4, 0.5) is 4.79 Å². The number of aliphatic carboxylic acids is 1. The minimum absolute atomic E-state index is 0.143. The lowest BCUT2D eigenvalue weighted by atomic mass is 10.0. The zero-order chi connectivity index (χ0) is 14.0. The Morgan fingerprint density at radius 2 is 2.05 bits per heavy atom. The maximum atomic E-state index is 12.4. The fourth-order valence-electron chi connectivity index (χ4n) is 2.76. The third kappa shape index (κ3) is 2.66. The summed E-state index contributed by atoms with van der Waals surface area (Å²) >= 11 is 0. The van der Waals surface area contributed by atoms with Crippen LogP contribution >= 0.6 is 0 Å². The molecule has 3 atom stereocenters. The minimum atomic E-state index is -0.858. The van der Waals surface area contributed by atoms with E-state index in [0.29, 0.717) is 32.7 Å². The molecule has 2 fully saturated rings. The zero-order valence-electron chi connectivity index (χ0n) is 11.0. The van der Waals surface area contributed by atoms with Crippen molar-refractivity contribution < 1.29 is 24.5 Å². The molecule has 19 heavy (non-hydrogen) atoms. The quantitative estimate of drug-likeness (QED) is 0.713. The third-order valence-corrected chi connectivity index (χ3v) is 4.00. The monoisotopic (exact) mass is 272 g/mol. The van der Waals surface area contributed by atoms with Crippen molar-refractivity contribution >= 4 is 12.0 Å². The van der Waals surface area contributed by atoms with Crippen molar-refractivity contribution in [2.75, 3.05) is 32.9 Å². The van der Waals surface area contributed by atoms with Gasteiger partial charge in [0.25, 0.3) is 0 Å². The van der Waals surface area contributed by atoms with Crippen LogP contribution in [0.15, 0.2) is 0 Å². The first-order chi connectivity index (χ1) is 9.06. The van der Waals surface area contributed by atoms with E-state index in [9.17, 15) is 14.7 Å². The Kier molecular flexibility index (Phi) is 4.26. The first-order valence-electron chi connectivity index (χ1n) is 6.55. The van der Waals surface area contributed by atoms with E-state index in [2.05, 4.69) is 0 Å². The molecule has 0 aromatic rings. The summed E-state index contributed by atoms with van der Waals surface area (Å²) < 4.78 is 5.24. The van der Waals surface area contributed by atoms with E-state index in [0.717, 1.165) is 0 Å². The highest BCUT2D eigenvalue weighted by atomic mass is 16.5. The molecule has 0 aliphatic carbocycles. The van der Waals surface area contributed by atoms with E-state index < -0.39 is 11.9 Å². The number of carbonyl (C=O) groups excluding carboxylic acids is 1. The standard InChI is InChI=1S/C12H20N2O5/c1-8-10(11(16)17)2-3-13(8)12(18)14-4-5-19-7-9(14)6-15/h8-10,15H,2-7H2,1H3,(H,16,17). The lowest BCUT2D eigenvalue weighted by Gasteiger charge is -2.38. The van der Waals surface area contributed by atoms with Gasteiger partial charge in [0.1, 0.15) is 0 Å². The van der Waals surface area contributed by atoms with Crippen molar-refractivity contribution in [3.8, 4) is 0 Å². The van der Waals surface area contributed by atoms with Gasteiger partial charge in [0.05, 0.1) is 31.8 Å². The van der Waals surface area contributed by atoms with Gasteiger partial charge in [-0.1, -0.05) is 0 Å². The number of carboxylic acid groups (broad SMARTS) is 1. The summed E-state index contributed by atoms with van der Waals surface area (Å²) in [5.41, 5.74) is 0. The molecule has 0 spiro atoms. The first kappa shape index (κ1) is 14.1. The number of carbonyl (C=O) groups is 2. The number of amides is 2. The number of morpholine rings is 1. The molecule has 0 bridgehead atoms. The Hall–Kier alpha value is -1.34. The number of hydrogen-bond acceptors (Lipinski definition) is 4. The van der Waals surface area contributed by atoms with Gasteiger partial charge in [-0.05, 0) is 13.3 Å². The molecule has 3 unspecified atom stereocenters. The van der Waals surface area contributed by atoms with Gasteiger partial charge in [-0.3, -0.25) is 4.79 Å². The van der Waals surface area contributed by atoms with E-state index in [1.807, 2.05) is 0 Å². The molecule has 0 radical (unpaired) electrons. The van der Waals surface area contributed by atoms with Gasteiger partial charge >= 0.3 is 12.0 Å². The maximum absolute atomic E-state index is 12.4. The van der Waals surface area contributed by atoms with Crippen LogP contribution in [0, 0.1) is 5.92 Å². The maximum Gasteiger partial charge on any atom is 0.320 e. The lowest BCUT2D eigenvalue weighted by molar-refractivity contribution is -0.142. The normalized spacial score (nSPS) is 31.6. The Morgan fingerprint density at radius 3 is 2.63 bits per heavy atom. The summed E-state index contributed by atoms with van der Waals surface area (Å²) in [7, 11) is 0. The number of rotatable bonds is 2. The van der Waals surface area contributed by atoms with Gasteiger partial charge in [-0.15, -0.1) is 0 Å². The van der Waals surface area contributed by atoms with Crippen molar-refractivity contribution in [2.24, 2.45) is 5.92 Å². The van der Waals surface area contributed by atoms with Crippen molar-refractivity contribution in [1.82, 2.24) is 9.80 Å². The van der Waals surface area contributed by atoms with Gasteiger partial charge in [0.2, 0.25) is 0 Å². The van der Waals surface area contributed by atoms with Crippen LogP contribution in [0.2, 0.25) is 0 Å². The summed E-state index contributed by atoms with van der Waals surface area (Å²) in [6, 6.07) is -0.844. The molecule has 2 aliphatic heterocycles. The second-order valence-corrected chi connectivity index (χ2v) is 5.05. The average molecular weight is 272 g/mol. The highest BCUT2D eigenvalue weighted by molar-refractivity contribution is 5.78. The molecule has 7 heteroatoms. The molecule has 0 aromatic heterocycles. The number of hydrogen-bond donors (Lipinski definition) is 2. The molecule has 0 aromatic carbocycles. The van der Waals surface area contributed by atoms with Gasteiger partial charge in [0.15, 0.2) is 0 Å². The van der Waals surface area contributed by atoms with E-state index in [1.54, 1.807) is 16.7 Å². The average Bonchev–Trinajstić information content (AvgIpc) is 2.80. The number of nitrogens with zero attached hydrogens (tertiary/aromatic N) is 2. The Balaban J connectivity index is 2.05. The molecule has 0 saturated carbocycles. The predicted octanol–water partition coefficient (Wildman–Crippen LogP) is -0.405. The van der Waals surface area contributed by atoms with Crippen LogP contribution in [-0.2, 0) is 9.53 Å². The van der Waals surface area contributed by atoms with Crippen molar-refractivity contribution in [1.29, 1.82) is 0 Å². The lowest BCUT2D eigenvalue weighted by Crippen LogP contribution is -2.56. The number of carboxylic acids is 1. The van der Waals surface area contributed by atoms with Crippen molar-refractivity contribution in [3.05, 3.63) is 0 Å². The number of likely N-dealkylation sites (tertiary alicyclic amines) is 1. The number of aliphatic hydroxyl groups excluding tert-OH is 1. The van der Waals surface area contributed by atoms with Crippen LogP contribution in [-0.4, -0.2) is 77.0 Å². The summed E-state index contributed by atoms with van der Waals surface area (Å²) in [5, 5.41) is 18.4. The molecular weight excluding hydrogens is 252 g/mol. The second kappa shape index (κ2) is 5.75. The fraction of sp³-hybridized carbons (Fsp3) is 0.833. The molecule has 2 N–H and O–H groups in total. The van der Waals surface area contributed by atoms with Crippen molar-refractivity contribution in [3.63, 3.8) is 0 Å². The third-order valence-electron chi connectivity index (χ3n) is 4.00. The number of aliphatic hydroxyl groups is 1. The van der Waals surface area contributed by atoms with Gasteiger partial charge in [0, 0.05) is 19.1 Å². The summed E-state index contributed by atoms with van der Waals surface area (Å²) in [6.45, 7) is 3.28. The van der Waals surface area contributed by atoms with Crippen LogP contribution in [0.3, 0.4) is 0 Å². The van der Waals surface area contributed by atoms with Crippen molar-refractivity contribution in [2.45, 2.75) is 25.4 Å². The Labute approximate surface area is 111 Å². The van der Waals surface area contributed by atoms with Gasteiger partial charge in [-0.25, -0.2) is 4.79 Å².